The Morgan fingerprint density at radius 3 is 2.33 bits per heavy atom. The zero-order valence-electron chi connectivity index (χ0n) is 17.2. The summed E-state index contributed by atoms with van der Waals surface area (Å²) in [6.45, 7) is 4.18. The fourth-order valence-corrected chi connectivity index (χ4v) is 3.38. The molecule has 0 spiro atoms. The number of carboxylic acid groups (broad SMARTS) is 1. The highest BCUT2D eigenvalue weighted by Crippen LogP contribution is 2.24. The number of nitrogens with zero attached hydrogens (tertiary/aromatic N) is 3. The maximum Gasteiger partial charge on any atom is 0.353 e. The number of aryl methyl sites for hydroxylation is 1. The average Bonchev–Trinajstić information content (AvgIpc) is 3.04. The Bertz CT molecular complexity index is 1110. The van der Waals surface area contributed by atoms with Crippen molar-refractivity contribution in [1.29, 1.82) is 0 Å². The number of carbonyl (C=O) groups is 2. The summed E-state index contributed by atoms with van der Waals surface area (Å²) in [4.78, 5) is 36.5. The quantitative estimate of drug-likeness (QED) is 0.612. The van der Waals surface area contributed by atoms with Crippen molar-refractivity contribution < 1.29 is 14.7 Å². The van der Waals surface area contributed by atoms with E-state index in [0.717, 1.165) is 22.2 Å². The topological polar surface area (TPSA) is 94.2 Å². The first kappa shape index (κ1) is 21.2. The maximum absolute atomic E-state index is 12.8. The van der Waals surface area contributed by atoms with Gasteiger partial charge in [0.1, 0.15) is 5.82 Å². The van der Waals surface area contributed by atoms with Crippen LogP contribution in [0, 0.1) is 0 Å². The molecule has 0 saturated heterocycles. The Hall–Kier alpha value is -3.48. The van der Waals surface area contributed by atoms with Crippen LogP contribution < -0.4 is 5.69 Å². The first-order chi connectivity index (χ1) is 14.5. The predicted octanol–water partition coefficient (Wildman–Crippen LogP) is 3.85. The van der Waals surface area contributed by atoms with E-state index in [1.54, 1.807) is 24.3 Å². The van der Waals surface area contributed by atoms with Gasteiger partial charge in [-0.3, -0.25) is 9.36 Å². The molecule has 0 radical (unpaired) electrons. The molecule has 0 atom stereocenters. The molecule has 3 rings (SSSR count). The highest BCUT2D eigenvalue weighted by molar-refractivity contribution is 5.95. The van der Waals surface area contributed by atoms with Crippen LogP contribution in [0.1, 0.15) is 59.7 Å². The minimum atomic E-state index is -0.977. The van der Waals surface area contributed by atoms with Crippen molar-refractivity contribution in [3.8, 4) is 11.1 Å². The summed E-state index contributed by atoms with van der Waals surface area (Å²) in [7, 11) is 0. The molecule has 1 N–H and O–H groups in total. The number of hydrogen-bond donors (Lipinski definition) is 1. The Balaban J connectivity index is 1.91. The summed E-state index contributed by atoms with van der Waals surface area (Å²) in [6, 6.07) is 14.2. The molecule has 7 heteroatoms. The zero-order valence-corrected chi connectivity index (χ0v) is 17.2. The molecule has 7 nitrogen and oxygen atoms in total. The van der Waals surface area contributed by atoms with E-state index in [1.165, 1.54) is 4.57 Å². The molecule has 1 aromatic heterocycles. The number of rotatable bonds is 8. The summed E-state index contributed by atoms with van der Waals surface area (Å²) < 4.78 is 2.52. The smallest absolute Gasteiger partial charge is 0.353 e. The third kappa shape index (κ3) is 4.40. The van der Waals surface area contributed by atoms with Crippen molar-refractivity contribution in [3.05, 3.63) is 76.0 Å². The Kier molecular flexibility index (Phi) is 6.61. The number of aromatic nitrogens is 3. The fraction of sp³-hybridized carbons (Fsp3) is 0.304. The van der Waals surface area contributed by atoms with Gasteiger partial charge >= 0.3 is 11.7 Å². The molecule has 0 aliphatic carbocycles. The second-order valence-corrected chi connectivity index (χ2v) is 7.14. The van der Waals surface area contributed by atoms with Gasteiger partial charge in [0.25, 0.3) is 5.91 Å². The molecule has 0 unspecified atom stereocenters. The lowest BCUT2D eigenvalue weighted by Crippen LogP contribution is -2.30. The normalized spacial score (nSPS) is 10.9. The Morgan fingerprint density at radius 1 is 1.00 bits per heavy atom. The fourth-order valence-electron chi connectivity index (χ4n) is 3.38. The largest absolute Gasteiger partial charge is 0.478 e. The van der Waals surface area contributed by atoms with Gasteiger partial charge in [-0.05, 0) is 35.6 Å². The van der Waals surface area contributed by atoms with Gasteiger partial charge in [-0.2, -0.15) is 0 Å². The summed E-state index contributed by atoms with van der Waals surface area (Å²) in [6.07, 6.45) is 2.34. The zero-order chi connectivity index (χ0) is 21.7. The minimum Gasteiger partial charge on any atom is -0.478 e. The summed E-state index contributed by atoms with van der Waals surface area (Å²) in [5.41, 5.74) is 2.11. The van der Waals surface area contributed by atoms with E-state index in [-0.39, 0.29) is 17.9 Å². The lowest BCUT2D eigenvalue weighted by Gasteiger charge is -2.09. The van der Waals surface area contributed by atoms with E-state index in [1.807, 2.05) is 38.1 Å². The average molecular weight is 407 g/mol. The maximum atomic E-state index is 12.8. The van der Waals surface area contributed by atoms with Crippen LogP contribution in [0.3, 0.4) is 0 Å². The highest BCUT2D eigenvalue weighted by Gasteiger charge is 2.18. The highest BCUT2D eigenvalue weighted by atomic mass is 16.4. The lowest BCUT2D eigenvalue weighted by atomic mass is 9.99. The molecule has 2 aromatic carbocycles. The lowest BCUT2D eigenvalue weighted by molar-refractivity contribution is 0.0697. The number of hydrogen-bond acceptors (Lipinski definition) is 4. The first-order valence-corrected chi connectivity index (χ1v) is 10.1. The predicted molar refractivity (Wildman–Crippen MR) is 114 cm³/mol. The van der Waals surface area contributed by atoms with Crippen LogP contribution in [0.25, 0.3) is 11.1 Å². The van der Waals surface area contributed by atoms with Gasteiger partial charge < -0.3 is 5.11 Å². The summed E-state index contributed by atoms with van der Waals surface area (Å²) in [5.74, 6) is -0.680. The van der Waals surface area contributed by atoms with Gasteiger partial charge in [-0.25, -0.2) is 9.59 Å². The van der Waals surface area contributed by atoms with Crippen molar-refractivity contribution in [3.63, 3.8) is 0 Å². The monoisotopic (exact) mass is 407 g/mol. The van der Waals surface area contributed by atoms with Crippen LogP contribution in [0.5, 0.6) is 0 Å². The van der Waals surface area contributed by atoms with E-state index in [2.05, 4.69) is 5.10 Å². The van der Waals surface area contributed by atoms with E-state index >= 15 is 0 Å². The van der Waals surface area contributed by atoms with E-state index in [9.17, 15) is 19.5 Å². The van der Waals surface area contributed by atoms with Gasteiger partial charge in [0.15, 0.2) is 0 Å². The molecule has 0 fully saturated rings. The Labute approximate surface area is 174 Å². The van der Waals surface area contributed by atoms with Crippen LogP contribution in [0.2, 0.25) is 0 Å². The molecule has 0 aliphatic heterocycles. The van der Waals surface area contributed by atoms with Crippen molar-refractivity contribution in [2.75, 3.05) is 0 Å². The number of benzene rings is 2. The van der Waals surface area contributed by atoms with Gasteiger partial charge in [0, 0.05) is 12.8 Å². The number of carbonyl (C=O) groups excluding carboxylic acids is 1. The first-order valence-electron chi connectivity index (χ1n) is 10.1. The van der Waals surface area contributed by atoms with Crippen LogP contribution in [0.4, 0.5) is 0 Å². The molecule has 0 amide bonds. The summed E-state index contributed by atoms with van der Waals surface area (Å²) in [5, 5.41) is 13.7. The van der Waals surface area contributed by atoms with Crippen molar-refractivity contribution in [2.24, 2.45) is 0 Å². The molecule has 0 aliphatic rings. The third-order valence-electron chi connectivity index (χ3n) is 4.88. The molecule has 3 aromatic rings. The van der Waals surface area contributed by atoms with Crippen LogP contribution in [-0.2, 0) is 13.0 Å². The van der Waals surface area contributed by atoms with Gasteiger partial charge in [0.2, 0.25) is 0 Å². The second kappa shape index (κ2) is 9.35. The summed E-state index contributed by atoms with van der Waals surface area (Å²) >= 11 is 0. The van der Waals surface area contributed by atoms with Crippen molar-refractivity contribution in [1.82, 2.24) is 14.3 Å². The van der Waals surface area contributed by atoms with Crippen LogP contribution in [0.15, 0.2) is 53.3 Å². The SMILES string of the molecule is CCCC(=O)n1nc(CCC)n(Cc2ccc(-c3ccccc3C(=O)O)cc2)c1=O. The van der Waals surface area contributed by atoms with Crippen LogP contribution >= 0.6 is 0 Å². The second-order valence-electron chi connectivity index (χ2n) is 7.14. The molecule has 0 bridgehead atoms. The molecule has 1 heterocycles. The van der Waals surface area contributed by atoms with E-state index in [4.69, 9.17) is 0 Å². The molecule has 30 heavy (non-hydrogen) atoms. The molecule has 156 valence electrons. The van der Waals surface area contributed by atoms with Crippen molar-refractivity contribution >= 4 is 11.9 Å². The molecular weight excluding hydrogens is 382 g/mol. The Morgan fingerprint density at radius 2 is 1.70 bits per heavy atom. The molecule has 0 saturated carbocycles. The minimum absolute atomic E-state index is 0.238. The van der Waals surface area contributed by atoms with E-state index in [0.29, 0.717) is 30.8 Å². The standard InChI is InChI=1S/C23H25N3O4/c1-3-7-20-24-26(21(27)8-4-2)23(30)25(20)15-16-11-13-17(14-12-16)18-9-5-6-10-19(18)22(28)29/h5-6,9-14H,3-4,7-8,15H2,1-2H3,(H,28,29). The van der Waals surface area contributed by atoms with Gasteiger partial charge in [-0.15, -0.1) is 9.78 Å². The van der Waals surface area contributed by atoms with Crippen LogP contribution in [-0.4, -0.2) is 31.3 Å². The van der Waals surface area contributed by atoms with E-state index < -0.39 is 11.7 Å². The number of aromatic carboxylic acids is 1. The van der Waals surface area contributed by atoms with Crippen molar-refractivity contribution in [2.45, 2.75) is 46.1 Å². The van der Waals surface area contributed by atoms with Gasteiger partial charge in [-0.1, -0.05) is 56.3 Å². The molecular formula is C23H25N3O4. The number of carboxylic acids is 1. The third-order valence-corrected chi connectivity index (χ3v) is 4.88. The van der Waals surface area contributed by atoms with Gasteiger partial charge in [0.05, 0.1) is 12.1 Å².